The van der Waals surface area contributed by atoms with E-state index in [0.29, 0.717) is 29.0 Å². The van der Waals surface area contributed by atoms with Gasteiger partial charge in [0.15, 0.2) is 24.5 Å². The second kappa shape index (κ2) is 13.2. The Morgan fingerprint density at radius 2 is 1.31 bits per heavy atom. The van der Waals surface area contributed by atoms with Crippen LogP contribution in [-0.2, 0) is 5.41 Å². The van der Waals surface area contributed by atoms with Gasteiger partial charge in [-0.2, -0.15) is 0 Å². The van der Waals surface area contributed by atoms with Crippen LogP contribution in [0.5, 0.6) is 11.5 Å². The zero-order valence-electron chi connectivity index (χ0n) is 30.5. The third-order valence-corrected chi connectivity index (χ3v) is 9.58. The van der Waals surface area contributed by atoms with Crippen LogP contribution in [0, 0.1) is 0 Å². The van der Waals surface area contributed by atoms with E-state index in [4.69, 9.17) is 24.7 Å². The lowest BCUT2D eigenvalue weighted by atomic mass is 9.88. The maximum atomic E-state index is 6.93. The molecule has 0 aliphatic carbocycles. The molecule has 3 aromatic heterocycles. The first-order valence-electron chi connectivity index (χ1n) is 17.9. The van der Waals surface area contributed by atoms with Crippen molar-refractivity contribution in [1.29, 1.82) is 0 Å². The van der Waals surface area contributed by atoms with Crippen molar-refractivity contribution >= 4 is 33.5 Å². The standard InChI is InChI=1S/C46H37N7O/c1-46(2,3)33-22-23-47-42(26-33)53-39-21-12-11-20-36(39)37-28-38(41(29-40(37)53)54-35-19-13-18-34(27-35)52-25-24-51(4)30-52)45-49-43(31-14-7-5-8-15-31)48-44(50-45)32-16-9-6-10-17-32/h5-29H,1-4H3/q+2. The lowest BCUT2D eigenvalue weighted by Gasteiger charge is -2.20. The molecule has 0 fully saturated rings. The normalized spacial score (nSPS) is 12.7. The number of hydrogen-bond donors (Lipinski definition) is 0. The highest BCUT2D eigenvalue weighted by Gasteiger charge is 2.23. The summed E-state index contributed by atoms with van der Waals surface area (Å²) in [6, 6.07) is 48.3. The molecule has 0 N–H and O–H groups in total. The number of hydrogen-bond acceptors (Lipinski definition) is 5. The summed E-state index contributed by atoms with van der Waals surface area (Å²) in [7, 11) is 1.95. The van der Waals surface area contributed by atoms with Gasteiger partial charge < -0.3 is 4.74 Å². The quantitative estimate of drug-likeness (QED) is 0.155. The van der Waals surface area contributed by atoms with Crippen LogP contribution < -0.4 is 4.74 Å². The number of benzene rings is 5. The number of pyridine rings is 1. The molecule has 0 spiro atoms. The van der Waals surface area contributed by atoms with Gasteiger partial charge in [-0.05, 0) is 41.3 Å². The van der Waals surface area contributed by atoms with E-state index in [-0.39, 0.29) is 5.41 Å². The van der Waals surface area contributed by atoms with Crippen LogP contribution in [0.15, 0.2) is 152 Å². The number of para-hydroxylation sites is 1. The average Bonchev–Trinajstić information content (AvgIpc) is 3.78. The largest absolute Gasteiger partial charge is 0.495 e. The van der Waals surface area contributed by atoms with Crippen molar-refractivity contribution in [3.05, 3.63) is 158 Å². The minimum Gasteiger partial charge on any atom is -0.456 e. The van der Waals surface area contributed by atoms with Crippen LogP contribution in [-0.4, -0.2) is 46.7 Å². The molecule has 0 bridgehead atoms. The molecule has 9 rings (SSSR count). The Labute approximate surface area is 313 Å². The van der Waals surface area contributed by atoms with Crippen molar-refractivity contribution in [3.63, 3.8) is 0 Å². The van der Waals surface area contributed by atoms with Crippen molar-refractivity contribution in [2.24, 2.45) is 0 Å². The van der Waals surface area contributed by atoms with Crippen molar-refractivity contribution in [3.8, 4) is 51.5 Å². The molecule has 0 amide bonds. The fraction of sp³-hybridized carbons (Fsp3) is 0.109. The molecule has 0 radical (unpaired) electrons. The number of fused-ring (bicyclic) bond motifs is 3. The average molecular weight is 704 g/mol. The molecule has 5 aromatic carbocycles. The van der Waals surface area contributed by atoms with Gasteiger partial charge in [-0.3, -0.25) is 4.57 Å². The van der Waals surface area contributed by atoms with Gasteiger partial charge in [0.2, 0.25) is 11.9 Å². The highest BCUT2D eigenvalue weighted by Crippen LogP contribution is 2.42. The fourth-order valence-electron chi connectivity index (χ4n) is 6.81. The third-order valence-electron chi connectivity index (χ3n) is 9.58. The van der Waals surface area contributed by atoms with Gasteiger partial charge in [0.25, 0.3) is 6.20 Å². The summed E-state index contributed by atoms with van der Waals surface area (Å²) in [5.41, 5.74) is 6.59. The number of ether oxygens (including phenoxy) is 1. The fourth-order valence-corrected chi connectivity index (χ4v) is 6.81. The van der Waals surface area contributed by atoms with Gasteiger partial charge in [0.1, 0.15) is 17.3 Å². The van der Waals surface area contributed by atoms with E-state index in [9.17, 15) is 0 Å². The van der Waals surface area contributed by atoms with E-state index in [0.717, 1.165) is 50.0 Å². The molecule has 260 valence electrons. The van der Waals surface area contributed by atoms with Gasteiger partial charge in [-0.25, -0.2) is 19.9 Å². The highest BCUT2D eigenvalue weighted by molar-refractivity contribution is 6.11. The zero-order chi connectivity index (χ0) is 36.8. The predicted molar refractivity (Wildman–Crippen MR) is 214 cm³/mol. The van der Waals surface area contributed by atoms with E-state index < -0.39 is 0 Å². The summed E-state index contributed by atoms with van der Waals surface area (Å²) in [4.78, 5) is 20.1. The molecular weight excluding hydrogens is 667 g/mol. The molecule has 0 saturated heterocycles. The minimum absolute atomic E-state index is 0.0529. The van der Waals surface area contributed by atoms with E-state index >= 15 is 0 Å². The van der Waals surface area contributed by atoms with Crippen LogP contribution in [0.1, 0.15) is 26.3 Å². The SMILES string of the molecule is C[N+]1=C=[N+](c2cccc(Oc3cc4c(cc3-c3nc(-c5ccccc5)nc(-c5ccccc5)n3)c3ccccc3n4-c3cc(C(C)(C)C)ccn3)c2)C=C1. The maximum Gasteiger partial charge on any atom is 0.495 e. The van der Waals surface area contributed by atoms with Crippen LogP contribution >= 0.6 is 0 Å². The van der Waals surface area contributed by atoms with Crippen LogP contribution in [0.25, 0.3) is 61.8 Å². The first kappa shape index (κ1) is 32.9. The van der Waals surface area contributed by atoms with Crippen LogP contribution in [0.4, 0.5) is 5.69 Å². The molecule has 0 saturated carbocycles. The summed E-state index contributed by atoms with van der Waals surface area (Å²) in [6.07, 6.45) is 5.82. The first-order valence-corrected chi connectivity index (χ1v) is 17.9. The Bertz CT molecular complexity index is 2770. The number of rotatable bonds is 7. The van der Waals surface area contributed by atoms with E-state index in [1.807, 2.05) is 120 Å². The van der Waals surface area contributed by atoms with Gasteiger partial charge in [0, 0.05) is 40.2 Å². The van der Waals surface area contributed by atoms with Crippen LogP contribution in [0.3, 0.4) is 0 Å². The number of aromatic nitrogens is 5. The molecule has 1 aliphatic heterocycles. The van der Waals surface area contributed by atoms with Gasteiger partial charge in [-0.1, -0.05) is 115 Å². The van der Waals surface area contributed by atoms with Gasteiger partial charge in [-0.15, -0.1) is 0 Å². The summed E-state index contributed by atoms with van der Waals surface area (Å²) >= 11 is 0. The minimum atomic E-state index is -0.0529. The van der Waals surface area contributed by atoms with Crippen molar-refractivity contribution in [1.82, 2.24) is 24.5 Å². The van der Waals surface area contributed by atoms with Crippen molar-refractivity contribution < 1.29 is 13.9 Å². The molecule has 1 aliphatic rings. The number of nitrogens with zero attached hydrogens (tertiary/aromatic N) is 7. The summed E-state index contributed by atoms with van der Waals surface area (Å²) in [5, 5.41) is 2.11. The predicted octanol–water partition coefficient (Wildman–Crippen LogP) is 10.4. The first-order chi connectivity index (χ1) is 26.3. The molecule has 8 nitrogen and oxygen atoms in total. The summed E-state index contributed by atoms with van der Waals surface area (Å²) in [5.74, 6) is 3.76. The second-order valence-corrected chi connectivity index (χ2v) is 14.4. The Kier molecular flexibility index (Phi) is 8.03. The van der Waals surface area contributed by atoms with Crippen molar-refractivity contribution in [2.75, 3.05) is 7.05 Å². The summed E-state index contributed by atoms with van der Waals surface area (Å²) < 4.78 is 13.0. The van der Waals surface area contributed by atoms with E-state index in [1.54, 1.807) is 0 Å². The third kappa shape index (κ3) is 6.15. The van der Waals surface area contributed by atoms with Gasteiger partial charge in [0.05, 0.1) is 22.7 Å². The van der Waals surface area contributed by atoms with E-state index in [1.165, 1.54) is 5.56 Å². The monoisotopic (exact) mass is 703 g/mol. The van der Waals surface area contributed by atoms with Gasteiger partial charge >= 0.3 is 6.01 Å². The molecule has 8 aromatic rings. The lowest BCUT2D eigenvalue weighted by molar-refractivity contribution is -0.429. The second-order valence-electron chi connectivity index (χ2n) is 14.4. The topological polar surface area (TPSA) is 71.7 Å². The molecule has 8 heteroatoms. The molecule has 0 atom stereocenters. The molecule has 0 unspecified atom stereocenters. The lowest BCUT2D eigenvalue weighted by Crippen LogP contribution is -2.12. The maximum absolute atomic E-state index is 6.93. The molecule has 4 heterocycles. The summed E-state index contributed by atoms with van der Waals surface area (Å²) in [6.45, 7) is 6.66. The Morgan fingerprint density at radius 1 is 0.630 bits per heavy atom. The highest BCUT2D eigenvalue weighted by atomic mass is 16.5. The van der Waals surface area contributed by atoms with Crippen LogP contribution in [0.2, 0.25) is 0 Å². The Balaban J connectivity index is 1.32. The van der Waals surface area contributed by atoms with E-state index in [2.05, 4.69) is 79.9 Å². The zero-order valence-corrected chi connectivity index (χ0v) is 30.5. The molecule has 54 heavy (non-hydrogen) atoms. The molecular formula is C46H37N7O+2. The smallest absolute Gasteiger partial charge is 0.456 e. The Morgan fingerprint density at radius 3 is 2.00 bits per heavy atom. The Hall–Kier alpha value is -7.02. The van der Waals surface area contributed by atoms with Crippen molar-refractivity contribution in [2.45, 2.75) is 26.2 Å².